The van der Waals surface area contributed by atoms with E-state index in [9.17, 15) is 29.7 Å². The summed E-state index contributed by atoms with van der Waals surface area (Å²) in [4.78, 5) is 41.9. The maximum absolute atomic E-state index is 13.1. The maximum atomic E-state index is 13.1. The Morgan fingerprint density at radius 2 is 1.86 bits per heavy atom. The minimum absolute atomic E-state index is 0.00573. The van der Waals surface area contributed by atoms with Crippen molar-refractivity contribution in [1.82, 2.24) is 4.98 Å². The van der Waals surface area contributed by atoms with Crippen molar-refractivity contribution in [2.75, 3.05) is 12.4 Å². The fraction of sp³-hybridized carbons (Fsp3) is 0.343. The van der Waals surface area contributed by atoms with Crippen molar-refractivity contribution in [3.8, 4) is 17.2 Å². The number of methoxy groups -OCH3 is 1. The van der Waals surface area contributed by atoms with Crippen LogP contribution in [0.4, 0.5) is 5.69 Å². The van der Waals surface area contributed by atoms with Gasteiger partial charge in [-0.3, -0.25) is 4.79 Å². The van der Waals surface area contributed by atoms with Crippen LogP contribution >= 0.6 is 11.6 Å². The van der Waals surface area contributed by atoms with Gasteiger partial charge in [0.1, 0.15) is 28.3 Å². The lowest BCUT2D eigenvalue weighted by molar-refractivity contribution is -0.305. The predicted molar refractivity (Wildman–Crippen MR) is 179 cm³/mol. The van der Waals surface area contributed by atoms with Gasteiger partial charge in [0, 0.05) is 18.4 Å². The van der Waals surface area contributed by atoms with Crippen LogP contribution < -0.4 is 15.7 Å². The van der Waals surface area contributed by atoms with Crippen LogP contribution in [-0.2, 0) is 20.6 Å². The number of anilines is 1. The van der Waals surface area contributed by atoms with Gasteiger partial charge in [-0.05, 0) is 89.1 Å². The number of carbonyl (C=O) groups excluding carboxylic acids is 2. The Morgan fingerprint density at radius 1 is 1.12 bits per heavy atom. The molecule has 1 fully saturated rings. The molecule has 5 rings (SSSR count). The molecule has 1 saturated heterocycles. The number of aromatic hydroxyl groups is 2. The minimum Gasteiger partial charge on any atom is -0.508 e. The Hall–Kier alpha value is -4.82. The summed E-state index contributed by atoms with van der Waals surface area (Å²) in [6.45, 7) is 8.92. The van der Waals surface area contributed by atoms with Gasteiger partial charge in [0.2, 0.25) is 6.29 Å². The number of rotatable bonds is 9. The number of nitrogens with one attached hydrogen (secondary N) is 2. The number of benzene rings is 2. The lowest BCUT2D eigenvalue weighted by Crippen LogP contribution is -2.65. The normalized spacial score (nSPS) is 20.1. The van der Waals surface area contributed by atoms with E-state index in [2.05, 4.69) is 10.3 Å². The highest BCUT2D eigenvalue weighted by Gasteiger charge is 2.53. The lowest BCUT2D eigenvalue weighted by Gasteiger charge is -2.47. The van der Waals surface area contributed by atoms with Gasteiger partial charge in [0.05, 0.1) is 11.0 Å². The van der Waals surface area contributed by atoms with E-state index in [-0.39, 0.29) is 38.7 Å². The second-order valence-corrected chi connectivity index (χ2v) is 12.8. The van der Waals surface area contributed by atoms with Crippen LogP contribution in [-0.4, -0.2) is 69.5 Å². The van der Waals surface area contributed by atoms with Gasteiger partial charge in [-0.25, -0.2) is 9.59 Å². The van der Waals surface area contributed by atoms with Crippen LogP contribution in [0.2, 0.25) is 5.02 Å². The van der Waals surface area contributed by atoms with Crippen molar-refractivity contribution in [2.45, 2.75) is 71.2 Å². The maximum Gasteiger partial charge on any atom is 0.364 e. The lowest BCUT2D eigenvalue weighted by atomic mass is 9.89. The summed E-state index contributed by atoms with van der Waals surface area (Å²) in [5.74, 6) is -2.16. The Kier molecular flexibility index (Phi) is 10.1. The molecule has 0 radical (unpaired) electrons. The molecule has 1 aliphatic rings. The standard InChI is InChI=1S/C35H37ClN2O11/c1-16(2)7-9-18-15-19(10-13-22(18)39)31(42)38-25-26(40)20-11-14-23(24(36)28(20)47-33(25)44)46-34-27(41)29(30(45-6)35(4,5)49-34)48-32(43)21-12-8-17(3)37-21/h7-8,10-15,27,29-30,34,37,39-41H,9H2,1-6H3,(H,38,42)/t27-,29+,30+,34+/m0/s1. The number of allylic oxidation sites excluding steroid dienone is 2. The number of amides is 1. The number of hydrogen-bond donors (Lipinski definition) is 5. The molecule has 1 aliphatic heterocycles. The molecule has 0 saturated carbocycles. The molecule has 49 heavy (non-hydrogen) atoms. The van der Waals surface area contributed by atoms with Crippen LogP contribution in [0.3, 0.4) is 0 Å². The molecule has 1 amide bonds. The highest BCUT2D eigenvalue weighted by atomic mass is 35.5. The van der Waals surface area contributed by atoms with E-state index < -0.39 is 59.1 Å². The molecule has 2 aromatic carbocycles. The van der Waals surface area contributed by atoms with E-state index in [4.69, 9.17) is 35.0 Å². The smallest absolute Gasteiger partial charge is 0.364 e. The summed E-state index contributed by atoms with van der Waals surface area (Å²) in [7, 11) is 1.39. The monoisotopic (exact) mass is 696 g/mol. The molecule has 4 aromatic rings. The number of aromatic nitrogens is 1. The van der Waals surface area contributed by atoms with Gasteiger partial charge in [0.25, 0.3) is 5.91 Å². The number of aryl methyl sites for hydroxylation is 1. The Balaban J connectivity index is 1.40. The van der Waals surface area contributed by atoms with Crippen LogP contribution in [0.5, 0.6) is 17.2 Å². The predicted octanol–water partition coefficient (Wildman–Crippen LogP) is 5.37. The topological polar surface area (TPSA) is 190 Å². The Morgan fingerprint density at radius 3 is 2.51 bits per heavy atom. The molecule has 0 spiro atoms. The molecule has 14 heteroatoms. The van der Waals surface area contributed by atoms with E-state index in [0.717, 1.165) is 11.3 Å². The SMILES string of the molecule is CO[C@@H]1[C@H](OC(=O)c2ccc(C)[nH]2)[C@H](O)[C@H](Oc2ccc3c(O)c(NC(=O)c4ccc(O)c(CC=C(C)C)c4)c(=O)oc3c2Cl)OC1(C)C. The summed E-state index contributed by atoms with van der Waals surface area (Å²) in [6, 6.07) is 10.2. The minimum atomic E-state index is -1.56. The van der Waals surface area contributed by atoms with Crippen LogP contribution in [0, 0.1) is 6.92 Å². The second kappa shape index (κ2) is 14.0. The zero-order valence-corrected chi connectivity index (χ0v) is 28.4. The third-order valence-corrected chi connectivity index (χ3v) is 8.43. The van der Waals surface area contributed by atoms with Gasteiger partial charge in [-0.2, -0.15) is 0 Å². The summed E-state index contributed by atoms with van der Waals surface area (Å²) in [6.07, 6.45) is -2.87. The van der Waals surface area contributed by atoms with Gasteiger partial charge >= 0.3 is 11.6 Å². The van der Waals surface area contributed by atoms with Crippen LogP contribution in [0.25, 0.3) is 11.0 Å². The number of aliphatic hydroxyl groups excluding tert-OH is 1. The molecule has 0 bridgehead atoms. The van der Waals surface area contributed by atoms with Gasteiger partial charge in [-0.1, -0.05) is 23.3 Å². The molecular formula is C35H37ClN2O11. The largest absolute Gasteiger partial charge is 0.508 e. The number of phenolic OH excluding ortho intramolecular Hbond substituents is 1. The molecule has 5 N–H and O–H groups in total. The van der Waals surface area contributed by atoms with Crippen LogP contribution in [0.1, 0.15) is 59.8 Å². The van der Waals surface area contributed by atoms with Crippen LogP contribution in [0.15, 0.2) is 63.3 Å². The number of halogens is 1. The summed E-state index contributed by atoms with van der Waals surface area (Å²) in [5, 5.41) is 34.6. The van der Waals surface area contributed by atoms with E-state index in [1.165, 1.54) is 37.4 Å². The third kappa shape index (κ3) is 7.30. The highest BCUT2D eigenvalue weighted by Crippen LogP contribution is 2.41. The number of hydrogen-bond acceptors (Lipinski definition) is 11. The number of ether oxygens (including phenoxy) is 4. The van der Waals surface area contributed by atoms with E-state index >= 15 is 0 Å². The molecule has 13 nitrogen and oxygen atoms in total. The van der Waals surface area contributed by atoms with E-state index in [0.29, 0.717) is 12.0 Å². The van der Waals surface area contributed by atoms with Crippen molar-refractivity contribution in [3.05, 3.63) is 92.1 Å². The quantitative estimate of drug-likeness (QED) is 0.0859. The van der Waals surface area contributed by atoms with E-state index in [1.807, 2.05) is 19.9 Å². The number of H-pyrrole nitrogens is 1. The zero-order chi connectivity index (χ0) is 35.8. The van der Waals surface area contributed by atoms with Gasteiger partial charge in [-0.15, -0.1) is 0 Å². The Labute approximate surface area is 286 Å². The van der Waals surface area contributed by atoms with Crippen molar-refractivity contribution in [1.29, 1.82) is 0 Å². The first-order chi connectivity index (χ1) is 23.1. The highest BCUT2D eigenvalue weighted by molar-refractivity contribution is 6.36. The molecule has 0 unspecified atom stereocenters. The second-order valence-electron chi connectivity index (χ2n) is 12.4. The number of esters is 1. The molecule has 0 aliphatic carbocycles. The fourth-order valence-electron chi connectivity index (χ4n) is 5.53. The first kappa shape index (κ1) is 35.5. The molecular weight excluding hydrogens is 660 g/mol. The number of fused-ring (bicyclic) bond motifs is 1. The molecule has 260 valence electrons. The van der Waals surface area contributed by atoms with Crippen molar-refractivity contribution in [3.63, 3.8) is 0 Å². The Bertz CT molecular complexity index is 1990. The molecule has 4 atom stereocenters. The third-order valence-electron chi connectivity index (χ3n) is 8.07. The number of carbonyl (C=O) groups is 2. The summed E-state index contributed by atoms with van der Waals surface area (Å²) in [5.41, 5.74) is -0.464. The van der Waals surface area contributed by atoms with Crippen molar-refractivity contribution < 1.29 is 48.3 Å². The summed E-state index contributed by atoms with van der Waals surface area (Å²) >= 11 is 6.58. The molecule has 2 aromatic heterocycles. The average Bonchev–Trinajstić information content (AvgIpc) is 3.48. The van der Waals surface area contributed by atoms with Crippen molar-refractivity contribution in [2.24, 2.45) is 0 Å². The number of aromatic amines is 1. The fourth-order valence-corrected chi connectivity index (χ4v) is 5.78. The first-order valence-electron chi connectivity index (χ1n) is 15.3. The van der Waals surface area contributed by atoms with E-state index in [1.54, 1.807) is 32.9 Å². The average molecular weight is 697 g/mol. The molecule has 3 heterocycles. The van der Waals surface area contributed by atoms with Crippen molar-refractivity contribution >= 4 is 40.1 Å². The number of phenols is 1. The van der Waals surface area contributed by atoms with Gasteiger partial charge in [0.15, 0.2) is 29.2 Å². The number of aliphatic hydroxyl groups is 1. The zero-order valence-electron chi connectivity index (χ0n) is 27.6. The van der Waals surface area contributed by atoms with Gasteiger partial charge < -0.3 is 49.0 Å². The first-order valence-corrected chi connectivity index (χ1v) is 15.7. The summed E-state index contributed by atoms with van der Waals surface area (Å²) < 4.78 is 28.6.